The van der Waals surface area contributed by atoms with Gasteiger partial charge in [-0.15, -0.1) is 0 Å². The Kier molecular flexibility index (Phi) is 2.38. The molecule has 1 aliphatic rings. The Balaban J connectivity index is 2.55. The van der Waals surface area contributed by atoms with Crippen LogP contribution in [-0.4, -0.2) is 30.7 Å². The number of carbonyl (C=O) groups is 2. The summed E-state index contributed by atoms with van der Waals surface area (Å²) in [5.74, 6) is -2.28. The molecule has 5 heteroatoms. The number of nitrogens with zero attached hydrogens (tertiary/aromatic N) is 1. The second-order valence-corrected chi connectivity index (χ2v) is 3.68. The number of rotatable bonds is 2. The third-order valence-electron chi connectivity index (χ3n) is 2.79. The van der Waals surface area contributed by atoms with Crippen LogP contribution in [0.5, 0.6) is 0 Å². The molecule has 1 unspecified atom stereocenters. The second-order valence-electron chi connectivity index (χ2n) is 3.68. The molecule has 1 atom stereocenters. The van der Waals surface area contributed by atoms with Gasteiger partial charge in [-0.3, -0.25) is 4.79 Å². The number of aromatic carboxylic acids is 1. The van der Waals surface area contributed by atoms with Crippen molar-refractivity contribution in [1.82, 2.24) is 0 Å². The van der Waals surface area contributed by atoms with E-state index >= 15 is 0 Å². The van der Waals surface area contributed by atoms with Gasteiger partial charge >= 0.3 is 5.97 Å². The maximum atomic E-state index is 12.7. The molecule has 0 aliphatic carbocycles. The molecule has 1 aliphatic heterocycles. The monoisotopic (exact) mass is 223 g/mol. The molecule has 0 saturated heterocycles. The van der Waals surface area contributed by atoms with Gasteiger partial charge in [-0.1, -0.05) is 0 Å². The zero-order valence-electron chi connectivity index (χ0n) is 8.61. The number of benzene rings is 1. The molecule has 1 amide bonds. The Labute approximate surface area is 91.3 Å². The first-order valence-corrected chi connectivity index (χ1v) is 4.77. The zero-order valence-corrected chi connectivity index (χ0v) is 8.61. The number of fused-ring (bicyclic) bond motifs is 1. The topological polar surface area (TPSA) is 57.6 Å². The summed E-state index contributed by atoms with van der Waals surface area (Å²) in [5, 5.41) is 8.81. The summed E-state index contributed by atoms with van der Waals surface area (Å²) in [7, 11) is 1.55. The molecular formula is C11H10FNO3. The fourth-order valence-electron chi connectivity index (χ4n) is 1.91. The Hall–Kier alpha value is -1.91. The molecule has 1 N–H and O–H groups in total. The van der Waals surface area contributed by atoms with E-state index in [2.05, 4.69) is 0 Å². The predicted octanol–water partition coefficient (Wildman–Crippen LogP) is 1.41. The minimum absolute atomic E-state index is 0.0697. The number of anilines is 1. The first-order chi connectivity index (χ1) is 7.56. The Morgan fingerprint density at radius 2 is 2.25 bits per heavy atom. The predicted molar refractivity (Wildman–Crippen MR) is 55.5 cm³/mol. The van der Waals surface area contributed by atoms with Crippen molar-refractivity contribution in [3.05, 3.63) is 29.3 Å². The van der Waals surface area contributed by atoms with Crippen molar-refractivity contribution in [2.24, 2.45) is 0 Å². The quantitative estimate of drug-likeness (QED) is 0.824. The molecule has 0 aromatic heterocycles. The number of alkyl halides is 1. The lowest BCUT2D eigenvalue weighted by molar-refractivity contribution is -0.119. The first kappa shape index (κ1) is 10.6. The summed E-state index contributed by atoms with van der Waals surface area (Å²) in [5.41, 5.74) is 1.10. The molecule has 84 valence electrons. The van der Waals surface area contributed by atoms with E-state index in [0.29, 0.717) is 11.3 Å². The number of amides is 1. The lowest BCUT2D eigenvalue weighted by Crippen LogP contribution is -2.24. The van der Waals surface area contributed by atoms with E-state index in [-0.39, 0.29) is 11.5 Å². The standard InChI is InChI=1S/C11H10FNO3/c1-13-9-3-2-6(11(15)16)4-7(9)8(5-12)10(13)14/h2-4,8H,5H2,1H3,(H,15,16). The Bertz CT molecular complexity index is 472. The van der Waals surface area contributed by atoms with E-state index in [1.165, 1.54) is 23.1 Å². The van der Waals surface area contributed by atoms with Crippen molar-refractivity contribution >= 4 is 17.6 Å². The van der Waals surface area contributed by atoms with Crippen LogP contribution in [0, 0.1) is 0 Å². The smallest absolute Gasteiger partial charge is 0.335 e. The van der Waals surface area contributed by atoms with Gasteiger partial charge in [0.05, 0.1) is 11.5 Å². The van der Waals surface area contributed by atoms with E-state index in [1.807, 2.05) is 0 Å². The van der Waals surface area contributed by atoms with Gasteiger partial charge in [-0.05, 0) is 23.8 Å². The van der Waals surface area contributed by atoms with Gasteiger partial charge in [0, 0.05) is 12.7 Å². The highest BCUT2D eigenvalue weighted by Gasteiger charge is 2.35. The zero-order chi connectivity index (χ0) is 11.9. The number of hydrogen-bond donors (Lipinski definition) is 1. The number of carboxylic acids is 1. The second kappa shape index (κ2) is 3.59. The van der Waals surface area contributed by atoms with E-state index in [4.69, 9.17) is 5.11 Å². The van der Waals surface area contributed by atoms with Gasteiger partial charge < -0.3 is 10.0 Å². The third-order valence-corrected chi connectivity index (χ3v) is 2.79. The number of carboxylic acid groups (broad SMARTS) is 1. The van der Waals surface area contributed by atoms with Crippen LogP contribution >= 0.6 is 0 Å². The van der Waals surface area contributed by atoms with Crippen LogP contribution in [0.15, 0.2) is 18.2 Å². The maximum Gasteiger partial charge on any atom is 0.335 e. The van der Waals surface area contributed by atoms with Crippen molar-refractivity contribution in [1.29, 1.82) is 0 Å². The van der Waals surface area contributed by atoms with Crippen LogP contribution in [0.25, 0.3) is 0 Å². The van der Waals surface area contributed by atoms with Crippen LogP contribution < -0.4 is 4.90 Å². The molecule has 4 nitrogen and oxygen atoms in total. The average Bonchev–Trinajstić information content (AvgIpc) is 2.51. The van der Waals surface area contributed by atoms with E-state index in [9.17, 15) is 14.0 Å². The van der Waals surface area contributed by atoms with Crippen LogP contribution in [0.1, 0.15) is 21.8 Å². The van der Waals surface area contributed by atoms with E-state index < -0.39 is 18.6 Å². The molecule has 16 heavy (non-hydrogen) atoms. The molecule has 1 aromatic carbocycles. The van der Waals surface area contributed by atoms with Gasteiger partial charge in [0.25, 0.3) is 0 Å². The van der Waals surface area contributed by atoms with Gasteiger partial charge in [-0.2, -0.15) is 0 Å². The van der Waals surface area contributed by atoms with Gasteiger partial charge in [0.2, 0.25) is 5.91 Å². The normalized spacial score (nSPS) is 18.8. The fraction of sp³-hybridized carbons (Fsp3) is 0.273. The van der Waals surface area contributed by atoms with Gasteiger partial charge in [0.1, 0.15) is 6.67 Å². The van der Waals surface area contributed by atoms with Crippen molar-refractivity contribution in [3.63, 3.8) is 0 Å². The summed E-state index contributed by atoms with van der Waals surface area (Å²) in [4.78, 5) is 23.7. The third kappa shape index (κ3) is 1.36. The largest absolute Gasteiger partial charge is 0.478 e. The SMILES string of the molecule is CN1C(=O)C(CF)c2cc(C(=O)O)ccc21. The lowest BCUT2D eigenvalue weighted by atomic mass is 10.00. The van der Waals surface area contributed by atoms with Crippen molar-refractivity contribution in [2.45, 2.75) is 5.92 Å². The highest BCUT2D eigenvalue weighted by Crippen LogP contribution is 2.37. The number of hydrogen-bond acceptors (Lipinski definition) is 2. The summed E-state index contributed by atoms with van der Waals surface area (Å²) in [6.07, 6.45) is 0. The van der Waals surface area contributed by atoms with Crippen molar-refractivity contribution < 1.29 is 19.1 Å². The first-order valence-electron chi connectivity index (χ1n) is 4.77. The molecule has 1 heterocycles. The van der Waals surface area contributed by atoms with Crippen LogP contribution in [-0.2, 0) is 4.79 Å². The van der Waals surface area contributed by atoms with Crippen molar-refractivity contribution in [3.8, 4) is 0 Å². The number of carbonyl (C=O) groups excluding carboxylic acids is 1. The summed E-state index contributed by atoms with van der Waals surface area (Å²) >= 11 is 0. The van der Waals surface area contributed by atoms with E-state index in [0.717, 1.165) is 0 Å². The highest BCUT2D eigenvalue weighted by molar-refractivity contribution is 6.05. The number of likely N-dealkylation sites (N-methyl/N-ethyl adjacent to an activating group) is 1. The molecular weight excluding hydrogens is 213 g/mol. The summed E-state index contributed by atoms with van der Waals surface area (Å²) < 4.78 is 12.7. The molecule has 2 rings (SSSR count). The Morgan fingerprint density at radius 1 is 1.56 bits per heavy atom. The average molecular weight is 223 g/mol. The van der Waals surface area contributed by atoms with E-state index in [1.54, 1.807) is 7.05 Å². The molecule has 0 bridgehead atoms. The lowest BCUT2D eigenvalue weighted by Gasteiger charge is -2.09. The fourth-order valence-corrected chi connectivity index (χ4v) is 1.91. The van der Waals surface area contributed by atoms with Gasteiger partial charge in [-0.25, -0.2) is 9.18 Å². The minimum Gasteiger partial charge on any atom is -0.478 e. The Morgan fingerprint density at radius 3 is 2.81 bits per heavy atom. The number of halogens is 1. The molecule has 0 saturated carbocycles. The molecule has 1 aromatic rings. The van der Waals surface area contributed by atoms with Crippen LogP contribution in [0.4, 0.5) is 10.1 Å². The molecule has 0 spiro atoms. The van der Waals surface area contributed by atoms with Crippen LogP contribution in [0.3, 0.4) is 0 Å². The summed E-state index contributed by atoms with van der Waals surface area (Å²) in [6, 6.07) is 4.31. The highest BCUT2D eigenvalue weighted by atomic mass is 19.1. The van der Waals surface area contributed by atoms with Crippen LogP contribution in [0.2, 0.25) is 0 Å². The van der Waals surface area contributed by atoms with Gasteiger partial charge in [0.15, 0.2) is 0 Å². The minimum atomic E-state index is -1.08. The summed E-state index contributed by atoms with van der Waals surface area (Å²) in [6.45, 7) is -0.806. The van der Waals surface area contributed by atoms with Crippen molar-refractivity contribution in [2.75, 3.05) is 18.6 Å². The molecule has 0 radical (unpaired) electrons. The maximum absolute atomic E-state index is 12.7. The molecule has 0 fully saturated rings.